The van der Waals surface area contributed by atoms with Crippen molar-refractivity contribution in [3.63, 3.8) is 0 Å². The van der Waals surface area contributed by atoms with Crippen molar-refractivity contribution in [2.45, 2.75) is 25.1 Å². The highest BCUT2D eigenvalue weighted by Crippen LogP contribution is 2.30. The minimum Gasteiger partial charge on any atom is -0.376 e. The lowest BCUT2D eigenvalue weighted by molar-refractivity contribution is -0.138. The van der Waals surface area contributed by atoms with Crippen LogP contribution in [0.25, 0.3) is 0 Å². The van der Waals surface area contributed by atoms with Gasteiger partial charge in [-0.3, -0.25) is 9.78 Å². The fourth-order valence-corrected chi connectivity index (χ4v) is 1.91. The smallest absolute Gasteiger partial charge is 0.376 e. The molecule has 4 nitrogen and oxygen atoms in total. The van der Waals surface area contributed by atoms with E-state index in [0.29, 0.717) is 6.61 Å². The van der Waals surface area contributed by atoms with E-state index in [4.69, 9.17) is 4.74 Å². The predicted molar refractivity (Wildman–Crippen MR) is 60.5 cm³/mol. The fourth-order valence-electron chi connectivity index (χ4n) is 1.91. The number of halogens is 3. The van der Waals surface area contributed by atoms with Gasteiger partial charge in [-0.15, -0.1) is 0 Å². The molecule has 19 heavy (non-hydrogen) atoms. The molecule has 7 heteroatoms. The third-order valence-electron chi connectivity index (χ3n) is 2.84. The van der Waals surface area contributed by atoms with E-state index in [2.05, 4.69) is 10.3 Å². The molecule has 104 valence electrons. The minimum atomic E-state index is -4.59. The van der Waals surface area contributed by atoms with Crippen LogP contribution in [-0.4, -0.2) is 30.1 Å². The summed E-state index contributed by atoms with van der Waals surface area (Å²) >= 11 is 0. The number of aromatic nitrogens is 1. The van der Waals surface area contributed by atoms with Gasteiger partial charge in [-0.25, -0.2) is 0 Å². The van der Waals surface area contributed by atoms with Crippen molar-refractivity contribution in [1.29, 1.82) is 0 Å². The highest BCUT2D eigenvalue weighted by Gasteiger charge is 2.36. The molecule has 1 saturated heterocycles. The number of nitrogens with one attached hydrogen (secondary N) is 1. The topological polar surface area (TPSA) is 51.2 Å². The van der Waals surface area contributed by atoms with Gasteiger partial charge in [0.25, 0.3) is 5.91 Å². The molecule has 1 amide bonds. The summed E-state index contributed by atoms with van der Waals surface area (Å²) in [6.07, 6.45) is -1.85. The maximum atomic E-state index is 12.7. The number of alkyl halides is 3. The van der Waals surface area contributed by atoms with Gasteiger partial charge in [-0.05, 0) is 25.0 Å². The van der Waals surface area contributed by atoms with Gasteiger partial charge >= 0.3 is 6.18 Å². The lowest BCUT2D eigenvalue weighted by atomic mass is 10.1. The molecule has 0 aromatic carbocycles. The summed E-state index contributed by atoms with van der Waals surface area (Å²) in [6.45, 7) is 0.824. The van der Waals surface area contributed by atoms with E-state index in [1.54, 1.807) is 0 Å². The van der Waals surface area contributed by atoms with Crippen LogP contribution in [0.5, 0.6) is 0 Å². The lowest BCUT2D eigenvalue weighted by Gasteiger charge is -2.13. The van der Waals surface area contributed by atoms with E-state index in [-0.39, 0.29) is 12.6 Å². The number of nitrogens with zero attached hydrogens (tertiary/aromatic N) is 1. The summed E-state index contributed by atoms with van der Waals surface area (Å²) in [5.74, 6) is -0.830. The Morgan fingerprint density at radius 2 is 2.32 bits per heavy atom. The number of ether oxygens (including phenoxy) is 1. The molecule has 1 aromatic rings. The van der Waals surface area contributed by atoms with Crippen LogP contribution in [0, 0.1) is 0 Å². The second kappa shape index (κ2) is 5.56. The van der Waals surface area contributed by atoms with Crippen molar-refractivity contribution < 1.29 is 22.7 Å². The normalized spacial score (nSPS) is 19.4. The molecule has 0 radical (unpaired) electrons. The second-order valence-corrected chi connectivity index (χ2v) is 4.24. The van der Waals surface area contributed by atoms with E-state index in [9.17, 15) is 18.0 Å². The van der Waals surface area contributed by atoms with Gasteiger partial charge in [0, 0.05) is 19.3 Å². The number of pyridine rings is 1. The summed E-state index contributed by atoms with van der Waals surface area (Å²) in [5.41, 5.74) is -1.63. The maximum absolute atomic E-state index is 12.7. The first-order valence-corrected chi connectivity index (χ1v) is 5.90. The maximum Gasteiger partial charge on any atom is 0.418 e. The molecule has 0 unspecified atom stereocenters. The van der Waals surface area contributed by atoms with E-state index >= 15 is 0 Å². The molecule has 1 aromatic heterocycles. The quantitative estimate of drug-likeness (QED) is 0.917. The molecule has 0 saturated carbocycles. The van der Waals surface area contributed by atoms with E-state index in [1.165, 1.54) is 0 Å². The van der Waals surface area contributed by atoms with Gasteiger partial charge in [0.15, 0.2) is 0 Å². The van der Waals surface area contributed by atoms with Crippen molar-refractivity contribution in [1.82, 2.24) is 10.3 Å². The largest absolute Gasteiger partial charge is 0.418 e. The molecule has 1 atom stereocenters. The van der Waals surface area contributed by atoms with Crippen molar-refractivity contribution in [3.05, 3.63) is 29.6 Å². The van der Waals surface area contributed by atoms with Crippen molar-refractivity contribution in [2.75, 3.05) is 13.2 Å². The van der Waals surface area contributed by atoms with Gasteiger partial charge in [-0.2, -0.15) is 13.2 Å². The minimum absolute atomic E-state index is 0.123. The highest BCUT2D eigenvalue weighted by atomic mass is 19.4. The third kappa shape index (κ3) is 3.44. The first-order chi connectivity index (χ1) is 8.98. The third-order valence-corrected chi connectivity index (χ3v) is 2.84. The predicted octanol–water partition coefficient (Wildman–Crippen LogP) is 2.01. The zero-order chi connectivity index (χ0) is 13.9. The average Bonchev–Trinajstić information content (AvgIpc) is 2.88. The zero-order valence-corrected chi connectivity index (χ0v) is 10.0. The second-order valence-electron chi connectivity index (χ2n) is 4.24. The Morgan fingerprint density at radius 1 is 1.53 bits per heavy atom. The Balaban J connectivity index is 2.06. The lowest BCUT2D eigenvalue weighted by Crippen LogP contribution is -2.33. The Labute approximate surface area is 108 Å². The summed E-state index contributed by atoms with van der Waals surface area (Å²) in [7, 11) is 0. The molecule has 1 N–H and O–H groups in total. The van der Waals surface area contributed by atoms with Crippen LogP contribution >= 0.6 is 0 Å². The van der Waals surface area contributed by atoms with Crippen LogP contribution in [-0.2, 0) is 10.9 Å². The molecule has 2 rings (SSSR count). The van der Waals surface area contributed by atoms with Crippen LogP contribution in [0.1, 0.15) is 28.9 Å². The van der Waals surface area contributed by atoms with Crippen molar-refractivity contribution in [3.8, 4) is 0 Å². The van der Waals surface area contributed by atoms with Crippen LogP contribution in [0.4, 0.5) is 13.2 Å². The van der Waals surface area contributed by atoms with Gasteiger partial charge in [0.05, 0.1) is 11.7 Å². The first kappa shape index (κ1) is 13.8. The van der Waals surface area contributed by atoms with Crippen LogP contribution in [0.3, 0.4) is 0 Å². The zero-order valence-electron chi connectivity index (χ0n) is 10.0. The number of carbonyl (C=O) groups excluding carboxylic acids is 1. The van der Waals surface area contributed by atoms with Gasteiger partial charge in [0.1, 0.15) is 5.69 Å². The SMILES string of the molecule is O=C(NC[C@@H]1CCCO1)c1ncccc1C(F)(F)F. The van der Waals surface area contributed by atoms with Gasteiger partial charge in [0.2, 0.25) is 0 Å². The monoisotopic (exact) mass is 274 g/mol. The summed E-state index contributed by atoms with van der Waals surface area (Å²) in [6, 6.07) is 1.99. The van der Waals surface area contributed by atoms with E-state index < -0.39 is 23.3 Å². The number of hydrogen-bond acceptors (Lipinski definition) is 3. The number of rotatable bonds is 3. The first-order valence-electron chi connectivity index (χ1n) is 5.90. The molecule has 0 bridgehead atoms. The number of amides is 1. The molecular formula is C12H13F3N2O2. The van der Waals surface area contributed by atoms with Crippen LogP contribution in [0.2, 0.25) is 0 Å². The van der Waals surface area contributed by atoms with Gasteiger partial charge < -0.3 is 10.1 Å². The Bertz CT molecular complexity index is 457. The average molecular weight is 274 g/mol. The molecule has 2 heterocycles. The highest BCUT2D eigenvalue weighted by molar-refractivity contribution is 5.93. The summed E-state index contributed by atoms with van der Waals surface area (Å²) < 4.78 is 43.4. The molecule has 0 spiro atoms. The fraction of sp³-hybridized carbons (Fsp3) is 0.500. The van der Waals surface area contributed by atoms with Crippen molar-refractivity contribution in [2.24, 2.45) is 0 Å². The molecule has 1 aliphatic rings. The number of carbonyl (C=O) groups is 1. The standard InChI is InChI=1S/C12H13F3N2O2/c13-12(14,15)9-4-1-5-16-10(9)11(18)17-7-8-3-2-6-19-8/h1,4-5,8H,2-3,6-7H2,(H,17,18)/t8-/m0/s1. The van der Waals surface area contributed by atoms with E-state index in [1.807, 2.05) is 0 Å². The summed E-state index contributed by atoms with van der Waals surface area (Å²) in [5, 5.41) is 2.43. The molecule has 0 aliphatic carbocycles. The Morgan fingerprint density at radius 3 is 2.95 bits per heavy atom. The van der Waals surface area contributed by atoms with Gasteiger partial charge in [-0.1, -0.05) is 0 Å². The van der Waals surface area contributed by atoms with E-state index in [0.717, 1.165) is 31.2 Å². The molecular weight excluding hydrogens is 261 g/mol. The van der Waals surface area contributed by atoms with Crippen LogP contribution in [0.15, 0.2) is 18.3 Å². The van der Waals surface area contributed by atoms with Crippen molar-refractivity contribution >= 4 is 5.91 Å². The molecule has 1 fully saturated rings. The Hall–Kier alpha value is -1.63. The number of hydrogen-bond donors (Lipinski definition) is 1. The Kier molecular flexibility index (Phi) is 4.04. The molecule has 1 aliphatic heterocycles. The summed E-state index contributed by atoms with van der Waals surface area (Å²) in [4.78, 5) is 15.3. The van der Waals surface area contributed by atoms with Crippen LogP contribution < -0.4 is 5.32 Å².